The number of ether oxygens (including phenoxy) is 1. The van der Waals surface area contributed by atoms with Crippen LogP contribution in [0.1, 0.15) is 0 Å². The Kier molecular flexibility index (Phi) is 4.43. The Bertz CT molecular complexity index is 150. The van der Waals surface area contributed by atoms with E-state index in [1.807, 2.05) is 24.3 Å². The molecule has 0 saturated carbocycles. The molecule has 52 valence electrons. The van der Waals surface area contributed by atoms with Crippen molar-refractivity contribution in [2.75, 3.05) is 7.11 Å². The first kappa shape index (κ1) is 8.71. The second kappa shape index (κ2) is 4.57. The number of hydrogen-bond acceptors (Lipinski definition) is 1. The molecule has 0 radical (unpaired) electrons. The first-order valence-electron chi connectivity index (χ1n) is 2.43. The summed E-state index contributed by atoms with van der Waals surface area (Å²) in [7, 11) is 1.65. The summed E-state index contributed by atoms with van der Waals surface area (Å²) >= 11 is 0. The van der Waals surface area contributed by atoms with Gasteiger partial charge in [0.05, 0.1) is 7.11 Å². The van der Waals surface area contributed by atoms with Crippen LogP contribution >= 0.6 is 0 Å². The molecule has 0 aliphatic heterocycles. The predicted molar refractivity (Wildman–Crippen MR) is 31.8 cm³/mol. The van der Waals surface area contributed by atoms with Gasteiger partial charge < -0.3 is 4.74 Å². The summed E-state index contributed by atoms with van der Waals surface area (Å²) in [6.07, 6.45) is 0. The van der Waals surface area contributed by atoms with Crippen LogP contribution in [0.25, 0.3) is 0 Å². The third-order valence-corrected chi connectivity index (χ3v) is 0.923. The van der Waals surface area contributed by atoms with Gasteiger partial charge in [0.15, 0.2) is 0 Å². The average molecular weight is 302 g/mol. The van der Waals surface area contributed by atoms with Gasteiger partial charge in [-0.05, 0) is 0 Å². The molecule has 0 spiro atoms. The van der Waals surface area contributed by atoms with Crippen LogP contribution in [-0.2, 0) is 21.1 Å². The molecule has 0 aliphatic carbocycles. The first-order valence-corrected chi connectivity index (χ1v) is 2.43. The van der Waals surface area contributed by atoms with Crippen molar-refractivity contribution in [3.05, 3.63) is 30.3 Å². The fraction of sp³-hybridized carbons (Fsp3) is 0.143. The number of rotatable bonds is 1. The normalized spacial score (nSPS) is 7.67. The van der Waals surface area contributed by atoms with E-state index in [0.29, 0.717) is 0 Å². The molecular formula is C7H7OPt-. The van der Waals surface area contributed by atoms with Gasteiger partial charge in [-0.3, -0.25) is 0 Å². The summed E-state index contributed by atoms with van der Waals surface area (Å²) in [5, 5.41) is 0. The zero-order valence-corrected chi connectivity index (χ0v) is 7.31. The minimum atomic E-state index is 0. The Hall–Kier alpha value is -0.292. The van der Waals surface area contributed by atoms with Crippen LogP contribution in [0.3, 0.4) is 0 Å². The molecule has 1 nitrogen and oxygen atoms in total. The van der Waals surface area contributed by atoms with E-state index in [-0.39, 0.29) is 21.1 Å². The van der Waals surface area contributed by atoms with Crippen molar-refractivity contribution >= 4 is 0 Å². The maximum Gasteiger partial charge on any atom is 0.0743 e. The fourth-order valence-electron chi connectivity index (χ4n) is 0.508. The summed E-state index contributed by atoms with van der Waals surface area (Å²) in [6.45, 7) is 0. The smallest absolute Gasteiger partial charge is 0.0743 e. The molecule has 0 aliphatic rings. The summed E-state index contributed by atoms with van der Waals surface area (Å²) in [5.41, 5.74) is 0. The largest absolute Gasteiger partial charge is 0.522 e. The summed E-state index contributed by atoms with van der Waals surface area (Å²) in [5.74, 6) is 0.878. The molecule has 1 rings (SSSR count). The molecule has 0 bridgehead atoms. The topological polar surface area (TPSA) is 9.23 Å². The van der Waals surface area contributed by atoms with E-state index >= 15 is 0 Å². The predicted octanol–water partition coefficient (Wildman–Crippen LogP) is 1.49. The second-order valence-electron chi connectivity index (χ2n) is 1.44. The van der Waals surface area contributed by atoms with Crippen molar-refractivity contribution in [3.8, 4) is 5.75 Å². The van der Waals surface area contributed by atoms with E-state index in [9.17, 15) is 0 Å². The van der Waals surface area contributed by atoms with E-state index in [2.05, 4.69) is 6.07 Å². The molecule has 9 heavy (non-hydrogen) atoms. The SMILES string of the molecule is COc1cc[c-]cc1.[Pt]. The zero-order valence-electron chi connectivity index (χ0n) is 5.03. The number of hydrogen-bond donors (Lipinski definition) is 0. The molecule has 0 fully saturated rings. The first-order chi connectivity index (χ1) is 3.93. The summed E-state index contributed by atoms with van der Waals surface area (Å²) < 4.78 is 4.89. The van der Waals surface area contributed by atoms with Crippen molar-refractivity contribution in [1.82, 2.24) is 0 Å². The third-order valence-electron chi connectivity index (χ3n) is 0.923. The molecule has 1 aromatic rings. The Labute approximate surface area is 69.3 Å². The van der Waals surface area contributed by atoms with Crippen molar-refractivity contribution in [3.63, 3.8) is 0 Å². The standard InChI is InChI=1S/C7H7O.Pt/c1-8-7-5-3-2-4-6-7;/h3-6H,1H3;/q-1;. The van der Waals surface area contributed by atoms with Crippen molar-refractivity contribution in [1.29, 1.82) is 0 Å². The van der Waals surface area contributed by atoms with Crippen LogP contribution in [0.15, 0.2) is 24.3 Å². The van der Waals surface area contributed by atoms with Gasteiger partial charge in [0.1, 0.15) is 0 Å². The van der Waals surface area contributed by atoms with Crippen LogP contribution < -0.4 is 4.74 Å². The van der Waals surface area contributed by atoms with Crippen molar-refractivity contribution in [2.45, 2.75) is 0 Å². The minimum Gasteiger partial charge on any atom is -0.522 e. The maximum atomic E-state index is 4.89. The van der Waals surface area contributed by atoms with Crippen molar-refractivity contribution < 1.29 is 25.8 Å². The van der Waals surface area contributed by atoms with Crippen molar-refractivity contribution in [2.24, 2.45) is 0 Å². The Morgan fingerprint density at radius 1 is 1.33 bits per heavy atom. The Morgan fingerprint density at radius 3 is 2.22 bits per heavy atom. The molecule has 0 aromatic heterocycles. The molecule has 0 amide bonds. The van der Waals surface area contributed by atoms with E-state index < -0.39 is 0 Å². The number of benzene rings is 1. The van der Waals surface area contributed by atoms with Crippen LogP contribution in [0.4, 0.5) is 0 Å². The number of methoxy groups -OCH3 is 1. The van der Waals surface area contributed by atoms with Gasteiger partial charge >= 0.3 is 0 Å². The summed E-state index contributed by atoms with van der Waals surface area (Å²) in [6, 6.07) is 10.2. The molecule has 2 heteroatoms. The van der Waals surface area contributed by atoms with Gasteiger partial charge in [-0.1, -0.05) is 0 Å². The van der Waals surface area contributed by atoms with Gasteiger partial charge in [0.25, 0.3) is 0 Å². The third kappa shape index (κ3) is 2.66. The van der Waals surface area contributed by atoms with E-state index in [1.54, 1.807) is 7.11 Å². The molecule has 0 N–H and O–H groups in total. The van der Waals surface area contributed by atoms with Gasteiger partial charge in [-0.25, -0.2) is 0 Å². The van der Waals surface area contributed by atoms with Gasteiger partial charge in [0, 0.05) is 26.8 Å². The Morgan fingerprint density at radius 2 is 1.89 bits per heavy atom. The quantitative estimate of drug-likeness (QED) is 0.714. The molecule has 0 unspecified atom stereocenters. The second-order valence-corrected chi connectivity index (χ2v) is 1.44. The minimum absolute atomic E-state index is 0. The molecular weight excluding hydrogens is 295 g/mol. The van der Waals surface area contributed by atoms with Crippen LogP contribution in [0, 0.1) is 6.07 Å². The van der Waals surface area contributed by atoms with Gasteiger partial charge in [0.2, 0.25) is 0 Å². The average Bonchev–Trinajstić information content (AvgIpc) is 1.90. The monoisotopic (exact) mass is 302 g/mol. The molecule has 1 aromatic carbocycles. The van der Waals surface area contributed by atoms with E-state index in [0.717, 1.165) is 5.75 Å². The molecule has 0 heterocycles. The maximum absolute atomic E-state index is 4.89. The molecule has 0 atom stereocenters. The zero-order chi connectivity index (χ0) is 5.82. The van der Waals surface area contributed by atoms with Gasteiger partial charge in [-0.15, -0.1) is 12.1 Å². The fourth-order valence-corrected chi connectivity index (χ4v) is 0.508. The van der Waals surface area contributed by atoms with Gasteiger partial charge in [-0.2, -0.15) is 18.2 Å². The van der Waals surface area contributed by atoms with E-state index in [1.165, 1.54) is 0 Å². The van der Waals surface area contributed by atoms with Crippen LogP contribution in [0.2, 0.25) is 0 Å². The summed E-state index contributed by atoms with van der Waals surface area (Å²) in [4.78, 5) is 0. The Balaban J connectivity index is 0.000000640. The molecule has 0 saturated heterocycles. The van der Waals surface area contributed by atoms with E-state index in [4.69, 9.17) is 4.74 Å². The van der Waals surface area contributed by atoms with Crippen LogP contribution in [-0.4, -0.2) is 7.11 Å². The van der Waals surface area contributed by atoms with Crippen LogP contribution in [0.5, 0.6) is 5.75 Å².